The van der Waals surface area contributed by atoms with Crippen LogP contribution in [0.3, 0.4) is 0 Å². The summed E-state index contributed by atoms with van der Waals surface area (Å²) >= 11 is 3.24. The first-order valence-electron chi connectivity index (χ1n) is 6.20. The van der Waals surface area contributed by atoms with Crippen molar-refractivity contribution < 1.29 is 13.2 Å². The monoisotopic (exact) mass is 362 g/mol. The van der Waals surface area contributed by atoms with E-state index in [0.717, 1.165) is 12.1 Å². The van der Waals surface area contributed by atoms with Crippen LogP contribution in [0.5, 0.6) is 0 Å². The average molecular weight is 363 g/mol. The van der Waals surface area contributed by atoms with Gasteiger partial charge in [-0.15, -0.1) is 0 Å². The van der Waals surface area contributed by atoms with Crippen LogP contribution in [-0.2, 0) is 11.6 Å². The Morgan fingerprint density at radius 3 is 2.00 bits per heavy atom. The van der Waals surface area contributed by atoms with E-state index in [-0.39, 0.29) is 11.0 Å². The van der Waals surface area contributed by atoms with Crippen molar-refractivity contribution in [3.8, 4) is 5.69 Å². The second-order valence-corrected chi connectivity index (χ2v) is 6.53. The molecule has 0 aliphatic heterocycles. The molecule has 1 aromatic heterocycles. The number of nitrogens with one attached hydrogen (secondary N) is 1. The maximum absolute atomic E-state index is 12.5. The lowest BCUT2D eigenvalue weighted by molar-refractivity contribution is -0.137. The van der Waals surface area contributed by atoms with Crippen LogP contribution in [0, 0.1) is 0 Å². The summed E-state index contributed by atoms with van der Waals surface area (Å²) in [6, 6.07) is 4.43. The fraction of sp³-hybridized carbons (Fsp3) is 0.357. The summed E-state index contributed by atoms with van der Waals surface area (Å²) in [7, 11) is 0. The first kappa shape index (κ1) is 15.9. The number of hydrogen-bond donors (Lipinski definition) is 1. The lowest BCUT2D eigenvalue weighted by atomic mass is 9.93. The van der Waals surface area contributed by atoms with Crippen LogP contribution >= 0.6 is 15.9 Å². The third-order valence-corrected chi connectivity index (χ3v) is 3.77. The Morgan fingerprint density at radius 2 is 1.62 bits per heavy atom. The van der Waals surface area contributed by atoms with Crippen molar-refractivity contribution in [1.29, 1.82) is 0 Å². The third-order valence-electron chi connectivity index (χ3n) is 3.04. The Labute approximate surface area is 127 Å². The van der Waals surface area contributed by atoms with Gasteiger partial charge >= 0.3 is 6.18 Å². The molecule has 1 aromatic carbocycles. The molecule has 0 spiro atoms. The van der Waals surface area contributed by atoms with E-state index in [4.69, 9.17) is 0 Å². The van der Waals surface area contributed by atoms with Gasteiger partial charge < -0.3 is 0 Å². The molecular weight excluding hydrogens is 349 g/mol. The summed E-state index contributed by atoms with van der Waals surface area (Å²) in [6.45, 7) is 5.79. The minimum atomic E-state index is -4.39. The maximum atomic E-state index is 12.5. The van der Waals surface area contributed by atoms with E-state index < -0.39 is 11.7 Å². The highest BCUT2D eigenvalue weighted by Gasteiger charge is 2.30. The van der Waals surface area contributed by atoms with Crippen molar-refractivity contribution in [2.75, 3.05) is 0 Å². The Kier molecular flexibility index (Phi) is 3.82. The van der Waals surface area contributed by atoms with E-state index in [9.17, 15) is 18.0 Å². The molecule has 21 heavy (non-hydrogen) atoms. The molecule has 0 unspecified atom stereocenters. The van der Waals surface area contributed by atoms with Crippen LogP contribution in [-0.4, -0.2) is 9.78 Å². The SMILES string of the molecule is CC(C)(C)c1[nH]n(-c2ccc(C(F)(F)F)cc2)c(=O)c1Br. The van der Waals surface area contributed by atoms with E-state index in [2.05, 4.69) is 21.0 Å². The molecule has 0 aliphatic rings. The zero-order valence-corrected chi connectivity index (χ0v) is 13.3. The van der Waals surface area contributed by atoms with Gasteiger partial charge in [-0.2, -0.15) is 13.2 Å². The number of hydrogen-bond acceptors (Lipinski definition) is 1. The largest absolute Gasteiger partial charge is 0.416 e. The van der Waals surface area contributed by atoms with Gasteiger partial charge in [-0.05, 0) is 40.2 Å². The smallest absolute Gasteiger partial charge is 0.293 e. The van der Waals surface area contributed by atoms with Gasteiger partial charge in [0.15, 0.2) is 0 Å². The number of halogens is 4. The first-order chi connectivity index (χ1) is 9.51. The number of aromatic nitrogens is 2. The maximum Gasteiger partial charge on any atom is 0.416 e. The second kappa shape index (κ2) is 5.05. The summed E-state index contributed by atoms with van der Waals surface area (Å²) in [4.78, 5) is 12.2. The highest BCUT2D eigenvalue weighted by atomic mass is 79.9. The fourth-order valence-electron chi connectivity index (χ4n) is 1.89. The van der Waals surface area contributed by atoms with Crippen LogP contribution in [0.2, 0.25) is 0 Å². The molecule has 0 bridgehead atoms. The van der Waals surface area contributed by atoms with Crippen LogP contribution in [0.15, 0.2) is 33.5 Å². The lowest BCUT2D eigenvalue weighted by Gasteiger charge is -2.16. The van der Waals surface area contributed by atoms with Crippen molar-refractivity contribution in [2.24, 2.45) is 0 Å². The minimum Gasteiger partial charge on any atom is -0.293 e. The Balaban J connectivity index is 2.51. The highest BCUT2D eigenvalue weighted by molar-refractivity contribution is 9.10. The van der Waals surface area contributed by atoms with E-state index in [1.54, 1.807) is 0 Å². The lowest BCUT2D eigenvalue weighted by Crippen LogP contribution is -2.15. The predicted molar refractivity (Wildman–Crippen MR) is 77.8 cm³/mol. The van der Waals surface area contributed by atoms with Crippen molar-refractivity contribution in [2.45, 2.75) is 32.4 Å². The van der Waals surface area contributed by atoms with E-state index in [1.807, 2.05) is 20.8 Å². The van der Waals surface area contributed by atoms with Gasteiger partial charge in [0.1, 0.15) is 4.47 Å². The second-order valence-electron chi connectivity index (χ2n) is 5.74. The Morgan fingerprint density at radius 1 is 1.10 bits per heavy atom. The molecule has 3 nitrogen and oxygen atoms in total. The zero-order chi connectivity index (χ0) is 16.0. The number of nitrogens with zero attached hydrogens (tertiary/aromatic N) is 1. The molecule has 2 rings (SSSR count). The van der Waals surface area contributed by atoms with E-state index >= 15 is 0 Å². The third kappa shape index (κ3) is 3.07. The highest BCUT2D eigenvalue weighted by Crippen LogP contribution is 2.30. The number of benzene rings is 1. The summed E-state index contributed by atoms with van der Waals surface area (Å²) < 4.78 is 39.2. The van der Waals surface area contributed by atoms with Gasteiger partial charge in [-0.1, -0.05) is 20.8 Å². The van der Waals surface area contributed by atoms with Crippen molar-refractivity contribution >= 4 is 15.9 Å². The van der Waals surface area contributed by atoms with Gasteiger partial charge in [0.25, 0.3) is 5.56 Å². The molecule has 0 radical (unpaired) electrons. The standard InChI is InChI=1S/C14H14BrF3N2O/c1-13(2,3)11-10(15)12(21)20(19-11)9-6-4-8(5-7-9)14(16,17)18/h4-7,19H,1-3H3. The molecule has 2 aromatic rings. The Bertz CT molecular complexity index is 706. The molecule has 0 fully saturated rings. The van der Waals surface area contributed by atoms with Crippen LogP contribution in [0.1, 0.15) is 32.0 Å². The molecule has 0 aliphatic carbocycles. The summed E-state index contributed by atoms with van der Waals surface area (Å²) in [5, 5.41) is 2.94. The number of rotatable bonds is 1. The molecule has 0 amide bonds. The predicted octanol–water partition coefficient (Wildman–Crippen LogP) is 4.24. The van der Waals surface area contributed by atoms with Gasteiger partial charge in [0, 0.05) is 5.41 Å². The van der Waals surface area contributed by atoms with Gasteiger partial charge in [-0.25, -0.2) is 4.68 Å². The van der Waals surface area contributed by atoms with Crippen LogP contribution in [0.4, 0.5) is 13.2 Å². The molecule has 0 saturated heterocycles. The van der Waals surface area contributed by atoms with Gasteiger partial charge in [-0.3, -0.25) is 9.89 Å². The van der Waals surface area contributed by atoms with Gasteiger partial charge in [0.2, 0.25) is 0 Å². The van der Waals surface area contributed by atoms with Crippen LogP contribution in [0.25, 0.3) is 5.69 Å². The molecular formula is C14H14BrF3N2O. The van der Waals surface area contributed by atoms with Crippen molar-refractivity contribution in [3.63, 3.8) is 0 Å². The first-order valence-corrected chi connectivity index (χ1v) is 7.00. The molecule has 0 atom stereocenters. The molecule has 1 N–H and O–H groups in total. The summed E-state index contributed by atoms with van der Waals surface area (Å²) in [6.07, 6.45) is -4.39. The van der Waals surface area contributed by atoms with Crippen molar-refractivity contribution in [1.82, 2.24) is 9.78 Å². The van der Waals surface area contributed by atoms with E-state index in [0.29, 0.717) is 15.9 Å². The minimum absolute atomic E-state index is 0.296. The van der Waals surface area contributed by atoms with Gasteiger partial charge in [0.05, 0.1) is 16.9 Å². The Hall–Kier alpha value is -1.50. The fourth-order valence-corrected chi connectivity index (χ4v) is 2.76. The molecule has 7 heteroatoms. The molecule has 0 saturated carbocycles. The van der Waals surface area contributed by atoms with E-state index in [1.165, 1.54) is 16.8 Å². The zero-order valence-electron chi connectivity index (χ0n) is 11.7. The summed E-state index contributed by atoms with van der Waals surface area (Å²) in [5.41, 5.74) is -0.341. The number of H-pyrrole nitrogens is 1. The topological polar surface area (TPSA) is 37.8 Å². The van der Waals surface area contributed by atoms with Crippen molar-refractivity contribution in [3.05, 3.63) is 50.3 Å². The number of aromatic amines is 1. The summed E-state index contributed by atoms with van der Waals surface area (Å²) in [5.74, 6) is 0. The van der Waals surface area contributed by atoms with Crippen LogP contribution < -0.4 is 5.56 Å². The average Bonchev–Trinajstić information content (AvgIpc) is 2.65. The molecule has 1 heterocycles. The normalized spacial score (nSPS) is 12.7. The quantitative estimate of drug-likeness (QED) is 0.809. The molecule has 114 valence electrons. The number of alkyl halides is 3.